The number of rotatable bonds is 9. The van der Waals surface area contributed by atoms with Crippen LogP contribution in [0.25, 0.3) is 0 Å². The smallest absolute Gasteiger partial charge is 0.0743 e. The zero-order valence-electron chi connectivity index (χ0n) is 11.3. The topological polar surface area (TPSA) is 29.5 Å². The van der Waals surface area contributed by atoms with Crippen LogP contribution in [0.5, 0.6) is 0 Å². The fraction of sp³-hybridized carbons (Fsp3) is 0.857. The van der Waals surface area contributed by atoms with Crippen molar-refractivity contribution in [2.45, 2.75) is 65.1 Å². The minimum Gasteiger partial charge on any atom is -0.389 e. The van der Waals surface area contributed by atoms with Gasteiger partial charge in [0.05, 0.1) is 11.7 Å². The molecule has 0 amide bonds. The number of hydrogen-bond acceptors (Lipinski definition) is 2. The SMILES string of the molecule is C=CC(O)C(C)CCCC(C)(C)OCCC. The highest BCUT2D eigenvalue weighted by molar-refractivity contribution is 4.82. The molecule has 16 heavy (non-hydrogen) atoms. The van der Waals surface area contributed by atoms with Crippen LogP contribution in [0.1, 0.15) is 53.4 Å². The summed E-state index contributed by atoms with van der Waals surface area (Å²) in [5.74, 6) is 0.291. The zero-order chi connectivity index (χ0) is 12.6. The van der Waals surface area contributed by atoms with Crippen molar-refractivity contribution >= 4 is 0 Å². The Kier molecular flexibility index (Phi) is 7.69. The second kappa shape index (κ2) is 7.86. The third kappa shape index (κ3) is 7.02. The maximum absolute atomic E-state index is 9.55. The number of hydrogen-bond donors (Lipinski definition) is 1. The van der Waals surface area contributed by atoms with Gasteiger partial charge in [-0.15, -0.1) is 6.58 Å². The van der Waals surface area contributed by atoms with Gasteiger partial charge >= 0.3 is 0 Å². The molecule has 0 bridgehead atoms. The van der Waals surface area contributed by atoms with Gasteiger partial charge in [-0.25, -0.2) is 0 Å². The third-order valence-corrected chi connectivity index (χ3v) is 2.96. The molecule has 96 valence electrons. The lowest BCUT2D eigenvalue weighted by Gasteiger charge is -2.26. The summed E-state index contributed by atoms with van der Waals surface area (Å²) in [5.41, 5.74) is -0.0329. The average Bonchev–Trinajstić information content (AvgIpc) is 2.24. The second-order valence-corrected chi connectivity index (χ2v) is 5.20. The third-order valence-electron chi connectivity index (χ3n) is 2.96. The monoisotopic (exact) mass is 228 g/mol. The maximum Gasteiger partial charge on any atom is 0.0743 e. The molecule has 0 spiro atoms. The first kappa shape index (κ1) is 15.7. The highest BCUT2D eigenvalue weighted by Crippen LogP contribution is 2.21. The fourth-order valence-corrected chi connectivity index (χ4v) is 1.70. The molecule has 0 aliphatic heterocycles. The van der Waals surface area contributed by atoms with Gasteiger partial charge in [0, 0.05) is 6.61 Å². The first-order chi connectivity index (χ1) is 7.43. The van der Waals surface area contributed by atoms with E-state index in [-0.39, 0.29) is 11.7 Å². The molecule has 2 unspecified atom stereocenters. The fourth-order valence-electron chi connectivity index (χ4n) is 1.70. The first-order valence-corrected chi connectivity index (χ1v) is 6.37. The van der Waals surface area contributed by atoms with Crippen LogP contribution >= 0.6 is 0 Å². The Hall–Kier alpha value is -0.340. The van der Waals surface area contributed by atoms with Crippen LogP contribution in [0.4, 0.5) is 0 Å². The van der Waals surface area contributed by atoms with Gasteiger partial charge in [0.2, 0.25) is 0 Å². The summed E-state index contributed by atoms with van der Waals surface area (Å²) in [6.07, 6.45) is 5.45. The Morgan fingerprint density at radius 3 is 2.56 bits per heavy atom. The largest absolute Gasteiger partial charge is 0.389 e. The first-order valence-electron chi connectivity index (χ1n) is 6.37. The van der Waals surface area contributed by atoms with E-state index < -0.39 is 0 Å². The molecule has 0 aliphatic rings. The molecule has 0 aromatic carbocycles. The number of aliphatic hydroxyl groups is 1. The highest BCUT2D eigenvalue weighted by Gasteiger charge is 2.18. The van der Waals surface area contributed by atoms with Crippen LogP contribution < -0.4 is 0 Å². The molecule has 0 saturated heterocycles. The number of aliphatic hydroxyl groups excluding tert-OH is 1. The van der Waals surface area contributed by atoms with E-state index >= 15 is 0 Å². The van der Waals surface area contributed by atoms with Crippen LogP contribution in [-0.2, 0) is 4.74 Å². The molecule has 1 N–H and O–H groups in total. The summed E-state index contributed by atoms with van der Waals surface area (Å²) in [6.45, 7) is 12.9. The van der Waals surface area contributed by atoms with Crippen molar-refractivity contribution in [3.8, 4) is 0 Å². The molecule has 0 aromatic heterocycles. The van der Waals surface area contributed by atoms with Gasteiger partial charge in [0.25, 0.3) is 0 Å². The van der Waals surface area contributed by atoms with Crippen molar-refractivity contribution in [3.05, 3.63) is 12.7 Å². The Morgan fingerprint density at radius 1 is 1.44 bits per heavy atom. The second-order valence-electron chi connectivity index (χ2n) is 5.20. The summed E-state index contributed by atoms with van der Waals surface area (Å²) >= 11 is 0. The molecule has 2 heteroatoms. The van der Waals surface area contributed by atoms with Gasteiger partial charge in [-0.3, -0.25) is 0 Å². The molecule has 0 aromatic rings. The van der Waals surface area contributed by atoms with Gasteiger partial charge in [-0.05, 0) is 39.0 Å². The number of ether oxygens (including phenoxy) is 1. The molecule has 0 heterocycles. The highest BCUT2D eigenvalue weighted by atomic mass is 16.5. The summed E-state index contributed by atoms with van der Waals surface area (Å²) in [7, 11) is 0. The summed E-state index contributed by atoms with van der Waals surface area (Å²) in [4.78, 5) is 0. The van der Waals surface area contributed by atoms with Gasteiger partial charge < -0.3 is 9.84 Å². The maximum atomic E-state index is 9.55. The van der Waals surface area contributed by atoms with Crippen molar-refractivity contribution in [1.29, 1.82) is 0 Å². The lowest BCUT2D eigenvalue weighted by atomic mass is 9.93. The van der Waals surface area contributed by atoms with E-state index in [0.717, 1.165) is 32.3 Å². The van der Waals surface area contributed by atoms with Crippen molar-refractivity contribution in [3.63, 3.8) is 0 Å². The van der Waals surface area contributed by atoms with Crippen molar-refractivity contribution in [1.82, 2.24) is 0 Å². The van der Waals surface area contributed by atoms with Gasteiger partial charge in [-0.1, -0.05) is 26.3 Å². The summed E-state index contributed by atoms with van der Waals surface area (Å²) in [5, 5.41) is 9.55. The Balaban J connectivity index is 3.75. The van der Waals surface area contributed by atoms with Gasteiger partial charge in [0.1, 0.15) is 0 Å². The molecule has 0 radical (unpaired) electrons. The normalized spacial score (nSPS) is 15.8. The Morgan fingerprint density at radius 2 is 2.06 bits per heavy atom. The van der Waals surface area contributed by atoms with E-state index in [4.69, 9.17) is 4.74 Å². The molecular weight excluding hydrogens is 200 g/mol. The molecule has 0 fully saturated rings. The predicted octanol–water partition coefficient (Wildman–Crippen LogP) is 3.54. The molecular formula is C14H28O2. The van der Waals surface area contributed by atoms with E-state index in [1.807, 2.05) is 0 Å². The zero-order valence-corrected chi connectivity index (χ0v) is 11.3. The predicted molar refractivity (Wildman–Crippen MR) is 69.5 cm³/mol. The van der Waals surface area contributed by atoms with Crippen LogP contribution in [0.3, 0.4) is 0 Å². The van der Waals surface area contributed by atoms with E-state index in [1.165, 1.54) is 0 Å². The van der Waals surface area contributed by atoms with Crippen molar-refractivity contribution in [2.75, 3.05) is 6.61 Å². The Bertz CT molecular complexity index is 187. The molecule has 0 rings (SSSR count). The standard InChI is InChI=1S/C14H28O2/c1-6-11-16-14(4,5)10-8-9-12(3)13(15)7-2/h7,12-13,15H,2,6,8-11H2,1,3-5H3. The minimum absolute atomic E-state index is 0.0329. The lowest BCUT2D eigenvalue weighted by Crippen LogP contribution is -2.25. The van der Waals surface area contributed by atoms with Gasteiger partial charge in [0.15, 0.2) is 0 Å². The molecule has 0 aliphatic carbocycles. The average molecular weight is 228 g/mol. The molecule has 0 saturated carbocycles. The Labute approximate surface area is 101 Å². The van der Waals surface area contributed by atoms with E-state index in [0.29, 0.717) is 5.92 Å². The van der Waals surface area contributed by atoms with E-state index in [1.54, 1.807) is 6.08 Å². The van der Waals surface area contributed by atoms with Crippen LogP contribution in [-0.4, -0.2) is 23.4 Å². The van der Waals surface area contributed by atoms with Crippen molar-refractivity contribution in [2.24, 2.45) is 5.92 Å². The molecule has 2 nitrogen and oxygen atoms in total. The lowest BCUT2D eigenvalue weighted by molar-refractivity contribution is -0.0257. The summed E-state index contributed by atoms with van der Waals surface area (Å²) in [6, 6.07) is 0. The van der Waals surface area contributed by atoms with E-state index in [2.05, 4.69) is 34.3 Å². The molecule has 2 atom stereocenters. The van der Waals surface area contributed by atoms with Crippen LogP contribution in [0.15, 0.2) is 12.7 Å². The minimum atomic E-state index is -0.375. The van der Waals surface area contributed by atoms with Crippen molar-refractivity contribution < 1.29 is 9.84 Å². The van der Waals surface area contributed by atoms with E-state index in [9.17, 15) is 5.11 Å². The van der Waals surface area contributed by atoms with Crippen LogP contribution in [0.2, 0.25) is 0 Å². The van der Waals surface area contributed by atoms with Crippen LogP contribution in [0, 0.1) is 5.92 Å². The summed E-state index contributed by atoms with van der Waals surface area (Å²) < 4.78 is 5.76. The quantitative estimate of drug-likeness (QED) is 0.612. The van der Waals surface area contributed by atoms with Gasteiger partial charge in [-0.2, -0.15) is 0 Å².